The molecule has 0 aliphatic carbocycles. The second kappa shape index (κ2) is 11.1. The standard InChI is InChI=1S/C26H23N3O3/c1-2-25(30)28-22-9-6-19(7-10-22)8-15-26(31)29-23-11-13-24(14-12-23)32-18-21-5-3-4-20(16-21)17-27/h2-7,9-14,16H,1,8,15,18H2,(H,28,30)(H,29,31). The van der Waals surface area contributed by atoms with E-state index in [1.54, 1.807) is 48.5 Å². The number of carbonyl (C=O) groups is 2. The van der Waals surface area contributed by atoms with Crippen molar-refractivity contribution in [2.24, 2.45) is 0 Å². The predicted molar refractivity (Wildman–Crippen MR) is 124 cm³/mol. The Morgan fingerprint density at radius 2 is 1.62 bits per heavy atom. The molecule has 0 atom stereocenters. The van der Waals surface area contributed by atoms with Crippen molar-refractivity contribution in [2.45, 2.75) is 19.4 Å². The van der Waals surface area contributed by atoms with Crippen LogP contribution in [0.1, 0.15) is 23.1 Å². The number of carbonyl (C=O) groups excluding carboxylic acids is 2. The zero-order valence-corrected chi connectivity index (χ0v) is 17.5. The van der Waals surface area contributed by atoms with Gasteiger partial charge < -0.3 is 15.4 Å². The average molecular weight is 425 g/mol. The molecule has 2 N–H and O–H groups in total. The molecule has 3 rings (SSSR count). The summed E-state index contributed by atoms with van der Waals surface area (Å²) < 4.78 is 5.74. The molecule has 0 unspecified atom stereocenters. The van der Waals surface area contributed by atoms with Crippen molar-refractivity contribution in [3.8, 4) is 11.8 Å². The SMILES string of the molecule is C=CC(=O)Nc1ccc(CCC(=O)Nc2ccc(OCc3cccc(C#N)c3)cc2)cc1. The number of nitriles is 1. The van der Waals surface area contributed by atoms with Gasteiger partial charge in [-0.25, -0.2) is 0 Å². The number of nitrogens with zero attached hydrogens (tertiary/aromatic N) is 1. The summed E-state index contributed by atoms with van der Waals surface area (Å²) in [4.78, 5) is 23.6. The lowest BCUT2D eigenvalue weighted by atomic mass is 10.1. The molecular formula is C26H23N3O3. The maximum atomic E-state index is 12.3. The van der Waals surface area contributed by atoms with Gasteiger partial charge in [0.2, 0.25) is 11.8 Å². The van der Waals surface area contributed by atoms with Gasteiger partial charge in [0.25, 0.3) is 0 Å². The van der Waals surface area contributed by atoms with Crippen molar-refractivity contribution < 1.29 is 14.3 Å². The Kier molecular flexibility index (Phi) is 7.77. The molecular weight excluding hydrogens is 402 g/mol. The van der Waals surface area contributed by atoms with Gasteiger partial charge in [0.05, 0.1) is 11.6 Å². The first-order valence-corrected chi connectivity index (χ1v) is 10.1. The number of nitrogens with one attached hydrogen (secondary N) is 2. The van der Waals surface area contributed by atoms with Crippen LogP contribution in [0.3, 0.4) is 0 Å². The van der Waals surface area contributed by atoms with Crippen molar-refractivity contribution in [2.75, 3.05) is 10.6 Å². The molecule has 0 saturated carbocycles. The summed E-state index contributed by atoms with van der Waals surface area (Å²) in [6.45, 7) is 3.78. The Morgan fingerprint density at radius 3 is 2.31 bits per heavy atom. The van der Waals surface area contributed by atoms with E-state index in [4.69, 9.17) is 10.00 Å². The van der Waals surface area contributed by atoms with E-state index >= 15 is 0 Å². The fourth-order valence-corrected chi connectivity index (χ4v) is 2.96. The van der Waals surface area contributed by atoms with E-state index in [2.05, 4.69) is 23.3 Å². The molecule has 0 spiro atoms. The Bertz CT molecular complexity index is 1130. The first-order valence-electron chi connectivity index (χ1n) is 10.1. The van der Waals surface area contributed by atoms with Crippen LogP contribution in [-0.4, -0.2) is 11.8 Å². The first kappa shape index (κ1) is 22.3. The molecule has 0 aliphatic heterocycles. The first-order chi connectivity index (χ1) is 15.6. The van der Waals surface area contributed by atoms with Gasteiger partial charge in [0.15, 0.2) is 0 Å². The predicted octanol–water partition coefficient (Wildman–Crippen LogP) is 4.83. The van der Waals surface area contributed by atoms with Crippen LogP contribution in [0.5, 0.6) is 5.75 Å². The van der Waals surface area contributed by atoms with E-state index in [1.165, 1.54) is 6.08 Å². The monoisotopic (exact) mass is 425 g/mol. The molecule has 0 aliphatic rings. The summed E-state index contributed by atoms with van der Waals surface area (Å²) in [7, 11) is 0. The molecule has 0 radical (unpaired) electrons. The molecule has 6 nitrogen and oxygen atoms in total. The van der Waals surface area contributed by atoms with Gasteiger partial charge in [0.1, 0.15) is 12.4 Å². The second-order valence-electron chi connectivity index (χ2n) is 7.06. The van der Waals surface area contributed by atoms with Gasteiger partial charge in [0, 0.05) is 17.8 Å². The molecule has 2 amide bonds. The average Bonchev–Trinajstić information content (AvgIpc) is 2.83. The Morgan fingerprint density at radius 1 is 0.938 bits per heavy atom. The lowest BCUT2D eigenvalue weighted by Crippen LogP contribution is -2.12. The molecule has 0 bridgehead atoms. The number of aryl methyl sites for hydroxylation is 1. The van der Waals surface area contributed by atoms with Crippen LogP contribution in [0.15, 0.2) is 85.5 Å². The topological polar surface area (TPSA) is 91.2 Å². The summed E-state index contributed by atoms with van der Waals surface area (Å²) in [5.74, 6) is 0.326. The van der Waals surface area contributed by atoms with E-state index in [9.17, 15) is 9.59 Å². The molecule has 0 aromatic heterocycles. The van der Waals surface area contributed by atoms with Crippen LogP contribution in [-0.2, 0) is 22.6 Å². The van der Waals surface area contributed by atoms with E-state index < -0.39 is 0 Å². The van der Waals surface area contributed by atoms with Gasteiger partial charge in [-0.05, 0) is 72.2 Å². The number of hydrogen-bond donors (Lipinski definition) is 2. The molecule has 0 saturated heterocycles. The highest BCUT2D eigenvalue weighted by molar-refractivity contribution is 5.98. The van der Waals surface area contributed by atoms with Crippen LogP contribution in [0.2, 0.25) is 0 Å². The summed E-state index contributed by atoms with van der Waals surface area (Å²) in [6, 6.07) is 23.9. The maximum absolute atomic E-state index is 12.3. The largest absolute Gasteiger partial charge is 0.489 e. The molecule has 160 valence electrons. The number of benzene rings is 3. The van der Waals surface area contributed by atoms with E-state index in [0.717, 1.165) is 11.1 Å². The summed E-state index contributed by atoms with van der Waals surface area (Å²) in [5, 5.41) is 14.5. The third kappa shape index (κ3) is 6.85. The molecule has 3 aromatic carbocycles. The maximum Gasteiger partial charge on any atom is 0.247 e. The summed E-state index contributed by atoms with van der Waals surface area (Å²) in [5.41, 5.74) is 3.89. The summed E-state index contributed by atoms with van der Waals surface area (Å²) in [6.07, 6.45) is 2.14. The molecule has 6 heteroatoms. The molecule has 3 aromatic rings. The third-order valence-corrected chi connectivity index (χ3v) is 4.65. The lowest BCUT2D eigenvalue weighted by molar-refractivity contribution is -0.116. The minimum Gasteiger partial charge on any atom is -0.489 e. The fraction of sp³-hybridized carbons (Fsp3) is 0.115. The zero-order chi connectivity index (χ0) is 22.8. The number of hydrogen-bond acceptors (Lipinski definition) is 4. The van der Waals surface area contributed by atoms with E-state index in [1.807, 2.05) is 24.3 Å². The normalized spacial score (nSPS) is 9.97. The molecule has 32 heavy (non-hydrogen) atoms. The van der Waals surface area contributed by atoms with Crippen molar-refractivity contribution in [1.82, 2.24) is 0 Å². The van der Waals surface area contributed by atoms with Crippen molar-refractivity contribution >= 4 is 23.2 Å². The number of amides is 2. The van der Waals surface area contributed by atoms with Crippen molar-refractivity contribution in [3.63, 3.8) is 0 Å². The van der Waals surface area contributed by atoms with Crippen molar-refractivity contribution in [3.05, 3.63) is 102 Å². The van der Waals surface area contributed by atoms with Crippen LogP contribution >= 0.6 is 0 Å². The number of rotatable bonds is 9. The summed E-state index contributed by atoms with van der Waals surface area (Å²) >= 11 is 0. The van der Waals surface area contributed by atoms with Gasteiger partial charge >= 0.3 is 0 Å². The Labute approximate surface area is 187 Å². The van der Waals surface area contributed by atoms with Crippen molar-refractivity contribution in [1.29, 1.82) is 5.26 Å². The highest BCUT2D eigenvalue weighted by Crippen LogP contribution is 2.18. The van der Waals surface area contributed by atoms with Gasteiger partial charge in [-0.1, -0.05) is 30.8 Å². The van der Waals surface area contributed by atoms with Gasteiger partial charge in [-0.3, -0.25) is 9.59 Å². The highest BCUT2D eigenvalue weighted by Gasteiger charge is 2.05. The minimum atomic E-state index is -0.262. The fourth-order valence-electron chi connectivity index (χ4n) is 2.96. The molecule has 0 fully saturated rings. The quantitative estimate of drug-likeness (QED) is 0.480. The minimum absolute atomic E-state index is 0.0870. The van der Waals surface area contributed by atoms with E-state index in [0.29, 0.717) is 42.1 Å². The van der Waals surface area contributed by atoms with E-state index in [-0.39, 0.29) is 11.8 Å². The van der Waals surface area contributed by atoms with Crippen LogP contribution < -0.4 is 15.4 Å². The van der Waals surface area contributed by atoms with Gasteiger partial charge in [-0.2, -0.15) is 5.26 Å². The zero-order valence-electron chi connectivity index (χ0n) is 17.5. The smallest absolute Gasteiger partial charge is 0.247 e. The Hall–Kier alpha value is -4.37. The molecule has 0 heterocycles. The highest BCUT2D eigenvalue weighted by atomic mass is 16.5. The van der Waals surface area contributed by atoms with Crippen LogP contribution in [0.4, 0.5) is 11.4 Å². The third-order valence-electron chi connectivity index (χ3n) is 4.65. The van der Waals surface area contributed by atoms with Gasteiger partial charge in [-0.15, -0.1) is 0 Å². The second-order valence-corrected chi connectivity index (χ2v) is 7.06. The number of anilines is 2. The van der Waals surface area contributed by atoms with Crippen LogP contribution in [0, 0.1) is 11.3 Å². The Balaban J connectivity index is 1.44. The number of ether oxygens (including phenoxy) is 1. The van der Waals surface area contributed by atoms with Crippen LogP contribution in [0.25, 0.3) is 0 Å². The lowest BCUT2D eigenvalue weighted by Gasteiger charge is -2.09.